The van der Waals surface area contributed by atoms with Gasteiger partial charge in [-0.05, 0) is 49.5 Å². The van der Waals surface area contributed by atoms with Crippen molar-refractivity contribution in [2.45, 2.75) is 25.4 Å². The summed E-state index contributed by atoms with van der Waals surface area (Å²) in [5.74, 6) is 0.983. The number of likely N-dealkylation sites (tertiary alicyclic amines) is 1. The summed E-state index contributed by atoms with van der Waals surface area (Å²) < 4.78 is 5.47. The van der Waals surface area contributed by atoms with Crippen molar-refractivity contribution in [1.29, 1.82) is 0 Å². The van der Waals surface area contributed by atoms with Crippen LogP contribution in [0.1, 0.15) is 29.9 Å². The van der Waals surface area contributed by atoms with Crippen LogP contribution >= 0.6 is 0 Å². The highest BCUT2D eigenvalue weighted by atomic mass is 16.7. The van der Waals surface area contributed by atoms with E-state index in [0.717, 1.165) is 42.2 Å². The van der Waals surface area contributed by atoms with Crippen LogP contribution < -0.4 is 14.9 Å². The molecule has 2 heterocycles. The number of anilines is 2. The summed E-state index contributed by atoms with van der Waals surface area (Å²) in [6.07, 6.45) is 2.28. The zero-order valence-electron chi connectivity index (χ0n) is 15.9. The molecule has 0 amide bonds. The van der Waals surface area contributed by atoms with Crippen LogP contribution in [0, 0.1) is 5.21 Å². The molecule has 1 saturated heterocycles. The van der Waals surface area contributed by atoms with Gasteiger partial charge in [0.25, 0.3) is 0 Å². The van der Waals surface area contributed by atoms with Crippen molar-refractivity contribution in [1.82, 2.24) is 4.90 Å². The molecule has 4 rings (SSSR count). The molecule has 27 heavy (non-hydrogen) atoms. The summed E-state index contributed by atoms with van der Waals surface area (Å²) in [7, 11) is 3.75. The van der Waals surface area contributed by atoms with Crippen molar-refractivity contribution >= 4 is 11.4 Å². The van der Waals surface area contributed by atoms with E-state index in [0.29, 0.717) is 24.0 Å². The molecule has 1 unspecified atom stereocenters. The highest BCUT2D eigenvalue weighted by Gasteiger charge is 2.32. The minimum absolute atomic E-state index is 0.151. The first-order valence-electron chi connectivity index (χ1n) is 9.46. The minimum Gasteiger partial charge on any atom is -0.757 e. The van der Waals surface area contributed by atoms with Crippen molar-refractivity contribution in [3.05, 3.63) is 58.8 Å². The Morgan fingerprint density at radius 1 is 1.11 bits per heavy atom. The summed E-state index contributed by atoms with van der Waals surface area (Å²) in [5, 5.41) is 15.4. The third kappa shape index (κ3) is 3.60. The van der Waals surface area contributed by atoms with E-state index in [1.165, 1.54) is 5.56 Å². The average molecular weight is 368 g/mol. The molecule has 0 bridgehead atoms. The monoisotopic (exact) mass is 368 g/mol. The Bertz CT molecular complexity index is 784. The van der Waals surface area contributed by atoms with E-state index < -0.39 is 0 Å². The van der Waals surface area contributed by atoms with Crippen LogP contribution in [0.15, 0.2) is 42.5 Å². The summed E-state index contributed by atoms with van der Waals surface area (Å²) in [4.78, 5) is 8.42. The molecule has 0 radical (unpaired) electrons. The van der Waals surface area contributed by atoms with Crippen molar-refractivity contribution in [2.75, 3.05) is 44.0 Å². The third-order valence-corrected chi connectivity index (χ3v) is 5.42. The van der Waals surface area contributed by atoms with Crippen molar-refractivity contribution < 1.29 is 9.57 Å². The second kappa shape index (κ2) is 7.76. The molecule has 6 heteroatoms. The maximum atomic E-state index is 12.7. The summed E-state index contributed by atoms with van der Waals surface area (Å²) in [6, 6.07) is 14.0. The molecule has 0 N–H and O–H groups in total. The number of rotatable bonds is 5. The maximum absolute atomic E-state index is 12.7. The fraction of sp³-hybridized carbons (Fsp3) is 0.429. The summed E-state index contributed by atoms with van der Waals surface area (Å²) >= 11 is 0. The average Bonchev–Trinajstić information content (AvgIpc) is 3.03. The quantitative estimate of drug-likeness (QED) is 0.802. The normalized spacial score (nSPS) is 20.0. The predicted octanol–water partition coefficient (Wildman–Crippen LogP) is 3.72. The molecule has 144 valence electrons. The maximum Gasteiger partial charge on any atom is 0.143 e. The van der Waals surface area contributed by atoms with Crippen LogP contribution in [0.5, 0.6) is 5.75 Å². The number of likely N-dealkylation sites (N-methyl/N-ethyl adjacent to an activating group) is 1. The lowest BCUT2D eigenvalue weighted by Gasteiger charge is -2.32. The lowest BCUT2D eigenvalue weighted by atomic mass is 9.89. The molecule has 0 aliphatic carbocycles. The van der Waals surface area contributed by atoms with Crippen molar-refractivity contribution in [2.24, 2.45) is 0 Å². The van der Waals surface area contributed by atoms with Crippen LogP contribution in [0.2, 0.25) is 0 Å². The Labute approximate surface area is 160 Å². The smallest absolute Gasteiger partial charge is 0.143 e. The van der Waals surface area contributed by atoms with E-state index in [1.54, 1.807) is 12.2 Å². The standard InChI is InChI=1S/C21H26N3O3/c1-22-12-6-9-17(13-22)18-10-11-19(26-2)21-20(18)24(15-23(21)25)27-14-16-7-4-3-5-8-16/h3-5,7-8,10-11,17H,6,9,12-15H2,1-2H3/q-1. The molecule has 0 aromatic heterocycles. The Hall–Kier alpha value is -2.28. The lowest BCUT2D eigenvalue weighted by molar-refractivity contribution is 0.0991. The Balaban J connectivity index is 1.66. The first-order valence-corrected chi connectivity index (χ1v) is 9.46. The van der Waals surface area contributed by atoms with Gasteiger partial charge in [-0.25, -0.2) is 5.06 Å². The van der Waals surface area contributed by atoms with Crippen LogP contribution in [-0.4, -0.2) is 38.8 Å². The van der Waals surface area contributed by atoms with Gasteiger partial charge in [-0.3, -0.25) is 4.84 Å². The second-order valence-corrected chi connectivity index (χ2v) is 7.31. The van der Waals surface area contributed by atoms with Gasteiger partial charge in [0.05, 0.1) is 25.1 Å². The van der Waals surface area contributed by atoms with Crippen LogP contribution in [0.4, 0.5) is 11.4 Å². The highest BCUT2D eigenvalue weighted by Crippen LogP contribution is 2.48. The zero-order valence-corrected chi connectivity index (χ0v) is 15.9. The Kier molecular flexibility index (Phi) is 5.20. The van der Waals surface area contributed by atoms with E-state index in [1.807, 2.05) is 36.4 Å². The largest absolute Gasteiger partial charge is 0.757 e. The van der Waals surface area contributed by atoms with E-state index in [2.05, 4.69) is 18.0 Å². The zero-order chi connectivity index (χ0) is 18.8. The highest BCUT2D eigenvalue weighted by molar-refractivity contribution is 5.84. The number of hydrogen-bond acceptors (Lipinski definition) is 6. The van der Waals surface area contributed by atoms with E-state index in [4.69, 9.17) is 9.57 Å². The SMILES string of the molecule is COc1ccc(C2CCCN(C)C2)c2c1N([O-])CN2OCc1ccccc1. The molecular formula is C21H26N3O3-. The Morgan fingerprint density at radius 2 is 1.93 bits per heavy atom. The molecule has 1 atom stereocenters. The number of benzene rings is 2. The van der Waals surface area contributed by atoms with Crippen LogP contribution in [0.3, 0.4) is 0 Å². The minimum atomic E-state index is 0.151. The third-order valence-electron chi connectivity index (χ3n) is 5.42. The number of piperidine rings is 1. The second-order valence-electron chi connectivity index (χ2n) is 7.31. The number of fused-ring (bicyclic) bond motifs is 1. The molecule has 2 aliphatic rings. The fourth-order valence-corrected chi connectivity index (χ4v) is 4.08. The van der Waals surface area contributed by atoms with Crippen molar-refractivity contribution in [3.63, 3.8) is 0 Å². The van der Waals surface area contributed by atoms with E-state index in [-0.39, 0.29) is 6.67 Å². The van der Waals surface area contributed by atoms with Crippen molar-refractivity contribution in [3.8, 4) is 5.75 Å². The topological polar surface area (TPSA) is 51.2 Å². The van der Waals surface area contributed by atoms with Crippen LogP contribution in [0.25, 0.3) is 0 Å². The molecule has 0 saturated carbocycles. The Morgan fingerprint density at radius 3 is 2.67 bits per heavy atom. The predicted molar refractivity (Wildman–Crippen MR) is 107 cm³/mol. The van der Waals surface area contributed by atoms with Gasteiger partial charge in [-0.2, -0.15) is 0 Å². The lowest BCUT2D eigenvalue weighted by Crippen LogP contribution is -2.32. The first kappa shape index (κ1) is 18.1. The molecule has 2 aromatic rings. The van der Waals surface area contributed by atoms with E-state index in [9.17, 15) is 5.21 Å². The number of ether oxygens (including phenoxy) is 1. The van der Waals surface area contributed by atoms with Gasteiger partial charge < -0.3 is 19.9 Å². The molecule has 2 aromatic carbocycles. The summed E-state index contributed by atoms with van der Waals surface area (Å²) in [6.45, 7) is 2.69. The van der Waals surface area contributed by atoms with Gasteiger partial charge >= 0.3 is 0 Å². The van der Waals surface area contributed by atoms with Gasteiger partial charge in [0, 0.05) is 6.54 Å². The van der Waals surface area contributed by atoms with Crippen LogP contribution in [-0.2, 0) is 11.4 Å². The first-order chi connectivity index (χ1) is 13.2. The molecule has 2 aliphatic heterocycles. The van der Waals surface area contributed by atoms with Gasteiger partial charge in [0.15, 0.2) is 0 Å². The molecular weight excluding hydrogens is 342 g/mol. The number of hydroxylamine groups is 2. The number of methoxy groups -OCH3 is 1. The summed E-state index contributed by atoms with van der Waals surface area (Å²) in [5.41, 5.74) is 3.69. The number of hydrogen-bond donors (Lipinski definition) is 0. The van der Waals surface area contributed by atoms with E-state index >= 15 is 0 Å². The molecule has 1 fully saturated rings. The van der Waals surface area contributed by atoms with Gasteiger partial charge in [0.2, 0.25) is 0 Å². The number of nitrogens with zero attached hydrogens (tertiary/aromatic N) is 3. The van der Waals surface area contributed by atoms with Gasteiger partial charge in [-0.1, -0.05) is 36.4 Å². The molecule has 0 spiro atoms. The fourth-order valence-electron chi connectivity index (χ4n) is 4.08. The van der Waals surface area contributed by atoms with Gasteiger partial charge in [-0.15, -0.1) is 0 Å². The van der Waals surface area contributed by atoms with Gasteiger partial charge in [0.1, 0.15) is 12.4 Å². The molecule has 6 nitrogen and oxygen atoms in total.